The Morgan fingerprint density at radius 2 is 1.95 bits per heavy atom. The zero-order chi connectivity index (χ0) is 16.3. The van der Waals surface area contributed by atoms with Crippen molar-refractivity contribution in [2.75, 3.05) is 20.6 Å². The topological polar surface area (TPSA) is 58.4 Å². The van der Waals surface area contributed by atoms with Gasteiger partial charge in [-0.2, -0.15) is 0 Å². The number of hydrogen-bond acceptors (Lipinski definition) is 4. The second-order valence-electron chi connectivity index (χ2n) is 5.44. The van der Waals surface area contributed by atoms with Crippen molar-refractivity contribution in [3.8, 4) is 0 Å². The molecule has 0 fully saturated rings. The highest BCUT2D eigenvalue weighted by Crippen LogP contribution is 2.18. The molecular weight excluding hydrogens is 285 g/mol. The number of nitrogens with zero attached hydrogens (tertiary/aromatic N) is 2. The highest BCUT2D eigenvalue weighted by atomic mass is 19.1. The molecule has 5 nitrogen and oxygen atoms in total. The van der Waals surface area contributed by atoms with Crippen LogP contribution in [0, 0.1) is 19.7 Å². The maximum Gasteiger partial charge on any atom is 0.256 e. The first-order valence-corrected chi connectivity index (χ1v) is 7.03. The van der Waals surface area contributed by atoms with Gasteiger partial charge in [-0.05, 0) is 45.6 Å². The summed E-state index contributed by atoms with van der Waals surface area (Å²) in [6.07, 6.45) is 0. The lowest BCUT2D eigenvalue weighted by Crippen LogP contribution is -2.34. The number of amides is 1. The van der Waals surface area contributed by atoms with Gasteiger partial charge < -0.3 is 14.7 Å². The van der Waals surface area contributed by atoms with Crippen LogP contribution in [0.25, 0.3) is 0 Å². The van der Waals surface area contributed by atoms with Crippen LogP contribution in [-0.2, 0) is 0 Å². The van der Waals surface area contributed by atoms with Crippen molar-refractivity contribution in [2.24, 2.45) is 0 Å². The van der Waals surface area contributed by atoms with E-state index in [9.17, 15) is 9.18 Å². The number of benzene rings is 1. The maximum absolute atomic E-state index is 13.0. The maximum atomic E-state index is 13.0. The Morgan fingerprint density at radius 1 is 1.32 bits per heavy atom. The predicted octanol–water partition coefficient (Wildman–Crippen LogP) is 2.46. The number of likely N-dealkylation sites (N-methyl/N-ethyl adjacent to an activating group) is 1. The molecular formula is C16H20FN3O2. The van der Waals surface area contributed by atoms with E-state index in [1.54, 1.807) is 26.0 Å². The number of carbonyl (C=O) groups is 1. The molecule has 0 spiro atoms. The van der Waals surface area contributed by atoms with Crippen molar-refractivity contribution in [1.29, 1.82) is 0 Å². The predicted molar refractivity (Wildman–Crippen MR) is 81.1 cm³/mol. The summed E-state index contributed by atoms with van der Waals surface area (Å²) in [7, 11) is 3.83. The van der Waals surface area contributed by atoms with E-state index in [4.69, 9.17) is 4.52 Å². The zero-order valence-corrected chi connectivity index (χ0v) is 13.2. The second-order valence-corrected chi connectivity index (χ2v) is 5.44. The van der Waals surface area contributed by atoms with E-state index >= 15 is 0 Å². The molecule has 0 radical (unpaired) electrons. The smallest absolute Gasteiger partial charge is 0.256 e. The summed E-state index contributed by atoms with van der Waals surface area (Å²) in [4.78, 5) is 14.2. The molecule has 1 N–H and O–H groups in total. The minimum atomic E-state index is -0.277. The van der Waals surface area contributed by atoms with Gasteiger partial charge in [0, 0.05) is 6.54 Å². The molecule has 0 saturated carbocycles. The normalized spacial score (nSPS) is 12.5. The molecule has 2 rings (SSSR count). The summed E-state index contributed by atoms with van der Waals surface area (Å²) in [6, 6.07) is 6.23. The molecule has 1 amide bonds. The largest absolute Gasteiger partial charge is 0.361 e. The van der Waals surface area contributed by atoms with Crippen molar-refractivity contribution in [1.82, 2.24) is 15.4 Å². The van der Waals surface area contributed by atoms with E-state index in [1.807, 2.05) is 19.0 Å². The Labute approximate surface area is 129 Å². The number of carbonyl (C=O) groups excluding carboxylic acids is 1. The highest BCUT2D eigenvalue weighted by molar-refractivity contribution is 5.96. The minimum absolute atomic E-state index is 0.0509. The van der Waals surface area contributed by atoms with Crippen LogP contribution < -0.4 is 5.32 Å². The molecule has 22 heavy (non-hydrogen) atoms. The van der Waals surface area contributed by atoms with E-state index < -0.39 is 0 Å². The fourth-order valence-corrected chi connectivity index (χ4v) is 2.37. The van der Waals surface area contributed by atoms with Gasteiger partial charge in [-0.15, -0.1) is 0 Å². The third kappa shape index (κ3) is 3.51. The number of nitrogens with one attached hydrogen (secondary N) is 1. The van der Waals surface area contributed by atoms with Gasteiger partial charge >= 0.3 is 0 Å². The molecule has 118 valence electrons. The number of hydrogen-bond donors (Lipinski definition) is 1. The minimum Gasteiger partial charge on any atom is -0.361 e. The van der Waals surface area contributed by atoms with E-state index in [-0.39, 0.29) is 17.8 Å². The van der Waals surface area contributed by atoms with Crippen LogP contribution >= 0.6 is 0 Å². The second kappa shape index (κ2) is 6.70. The van der Waals surface area contributed by atoms with Crippen molar-refractivity contribution >= 4 is 5.91 Å². The number of aromatic nitrogens is 1. The monoisotopic (exact) mass is 305 g/mol. The molecule has 0 bridgehead atoms. The average molecular weight is 305 g/mol. The molecule has 0 saturated heterocycles. The number of aryl methyl sites for hydroxylation is 2. The summed E-state index contributed by atoms with van der Waals surface area (Å²) in [5, 5.41) is 6.67. The zero-order valence-electron chi connectivity index (χ0n) is 13.2. The first kappa shape index (κ1) is 16.2. The third-order valence-electron chi connectivity index (χ3n) is 3.59. The van der Waals surface area contributed by atoms with E-state index in [0.717, 1.165) is 5.56 Å². The number of halogens is 1. The fraction of sp³-hybridized carbons (Fsp3) is 0.375. The van der Waals surface area contributed by atoms with Gasteiger partial charge in [0.05, 0.1) is 11.7 Å². The molecule has 1 heterocycles. The summed E-state index contributed by atoms with van der Waals surface area (Å²) >= 11 is 0. The van der Waals surface area contributed by atoms with Crippen LogP contribution in [0.5, 0.6) is 0 Å². The molecule has 0 aliphatic carbocycles. The first-order chi connectivity index (χ1) is 10.4. The van der Waals surface area contributed by atoms with Crippen LogP contribution in [0.15, 0.2) is 28.8 Å². The lowest BCUT2D eigenvalue weighted by molar-refractivity contribution is 0.0940. The van der Waals surface area contributed by atoms with Crippen LogP contribution in [0.2, 0.25) is 0 Å². The molecule has 1 atom stereocenters. The average Bonchev–Trinajstić information content (AvgIpc) is 2.80. The SMILES string of the molecule is Cc1noc(C)c1C(=O)NC[C@H](c1ccc(F)cc1)N(C)C. The molecule has 6 heteroatoms. The van der Waals surface area contributed by atoms with Crippen LogP contribution in [0.4, 0.5) is 4.39 Å². The first-order valence-electron chi connectivity index (χ1n) is 7.03. The highest BCUT2D eigenvalue weighted by Gasteiger charge is 2.20. The van der Waals surface area contributed by atoms with Gasteiger partial charge in [0.25, 0.3) is 5.91 Å². The molecule has 2 aromatic rings. The fourth-order valence-electron chi connectivity index (χ4n) is 2.37. The van der Waals surface area contributed by atoms with Gasteiger partial charge in [0.15, 0.2) is 0 Å². The Hall–Kier alpha value is -2.21. The van der Waals surface area contributed by atoms with Crippen molar-refractivity contribution in [3.05, 3.63) is 52.7 Å². The van der Waals surface area contributed by atoms with Gasteiger partial charge in [0.2, 0.25) is 0 Å². The third-order valence-corrected chi connectivity index (χ3v) is 3.59. The molecule has 0 unspecified atom stereocenters. The van der Waals surface area contributed by atoms with Crippen LogP contribution in [0.3, 0.4) is 0 Å². The van der Waals surface area contributed by atoms with E-state index in [0.29, 0.717) is 23.6 Å². The van der Waals surface area contributed by atoms with Crippen molar-refractivity contribution in [3.63, 3.8) is 0 Å². The van der Waals surface area contributed by atoms with Crippen molar-refractivity contribution < 1.29 is 13.7 Å². The standard InChI is InChI=1S/C16H20FN3O2/c1-10-15(11(2)22-19-10)16(21)18-9-14(20(3)4)12-5-7-13(17)8-6-12/h5-8,14H,9H2,1-4H3,(H,18,21)/t14-/m1/s1. The van der Waals surface area contributed by atoms with Gasteiger partial charge in [-0.25, -0.2) is 4.39 Å². The summed E-state index contributed by atoms with van der Waals surface area (Å²) in [5.74, 6) is 0.00408. The summed E-state index contributed by atoms with van der Waals surface area (Å²) in [6.45, 7) is 3.84. The Balaban J connectivity index is 2.10. The molecule has 1 aromatic heterocycles. The quantitative estimate of drug-likeness (QED) is 0.922. The Bertz CT molecular complexity index is 630. The van der Waals surface area contributed by atoms with Crippen molar-refractivity contribution in [2.45, 2.75) is 19.9 Å². The Kier molecular flexibility index (Phi) is 4.92. The molecule has 1 aromatic carbocycles. The van der Waals surface area contributed by atoms with Crippen LogP contribution in [0.1, 0.15) is 33.4 Å². The Morgan fingerprint density at radius 3 is 2.45 bits per heavy atom. The van der Waals surface area contributed by atoms with E-state index in [2.05, 4.69) is 10.5 Å². The lowest BCUT2D eigenvalue weighted by Gasteiger charge is -2.25. The number of rotatable bonds is 5. The van der Waals surface area contributed by atoms with Gasteiger partial charge in [-0.3, -0.25) is 4.79 Å². The van der Waals surface area contributed by atoms with E-state index in [1.165, 1.54) is 12.1 Å². The van der Waals surface area contributed by atoms with Gasteiger partial charge in [-0.1, -0.05) is 17.3 Å². The van der Waals surface area contributed by atoms with Crippen LogP contribution in [-0.4, -0.2) is 36.6 Å². The summed E-state index contributed by atoms with van der Waals surface area (Å²) in [5.41, 5.74) is 1.97. The molecule has 0 aliphatic rings. The lowest BCUT2D eigenvalue weighted by atomic mass is 10.1. The van der Waals surface area contributed by atoms with Gasteiger partial charge in [0.1, 0.15) is 17.1 Å². The summed E-state index contributed by atoms with van der Waals surface area (Å²) < 4.78 is 18.0. The molecule has 0 aliphatic heterocycles.